The molecule has 0 aliphatic carbocycles. The van der Waals surface area contributed by atoms with Crippen molar-refractivity contribution in [1.29, 1.82) is 0 Å². The Bertz CT molecular complexity index is 426. The predicted molar refractivity (Wildman–Crippen MR) is 75.9 cm³/mol. The van der Waals surface area contributed by atoms with E-state index in [1.807, 2.05) is 0 Å². The molecule has 0 aliphatic rings. The zero-order valence-electron chi connectivity index (χ0n) is 10.7. The fourth-order valence-electron chi connectivity index (χ4n) is 1.46. The van der Waals surface area contributed by atoms with Crippen LogP contribution in [0, 0.1) is 0 Å². The third-order valence-corrected chi connectivity index (χ3v) is 3.08. The van der Waals surface area contributed by atoms with Crippen LogP contribution < -0.4 is 4.74 Å². The van der Waals surface area contributed by atoms with Crippen LogP contribution in [0.2, 0.25) is 10.0 Å². The van der Waals surface area contributed by atoms with E-state index in [2.05, 4.69) is 0 Å². The average Bonchev–Trinajstić information content (AvgIpc) is 2.36. The van der Waals surface area contributed by atoms with Crippen molar-refractivity contribution in [2.75, 3.05) is 26.8 Å². The van der Waals surface area contributed by atoms with E-state index in [4.69, 9.17) is 33.0 Å². The number of benzene rings is 1. The van der Waals surface area contributed by atoms with Crippen molar-refractivity contribution in [3.05, 3.63) is 28.2 Å². The van der Waals surface area contributed by atoms with Gasteiger partial charge in [-0.2, -0.15) is 0 Å². The van der Waals surface area contributed by atoms with Gasteiger partial charge in [-0.3, -0.25) is 4.79 Å². The summed E-state index contributed by atoms with van der Waals surface area (Å²) in [5.74, 6) is 0.544. The van der Waals surface area contributed by atoms with Gasteiger partial charge in [0, 0.05) is 25.0 Å². The lowest BCUT2D eigenvalue weighted by atomic mass is 10.3. The Morgan fingerprint density at radius 2 is 2.16 bits per heavy atom. The Labute approximate surface area is 122 Å². The number of likely N-dealkylation sites (N-methyl/N-ethyl adjacent to an activating group) is 1. The Morgan fingerprint density at radius 3 is 2.79 bits per heavy atom. The van der Waals surface area contributed by atoms with Gasteiger partial charge in [-0.1, -0.05) is 23.2 Å². The highest BCUT2D eigenvalue weighted by Gasteiger charge is 2.08. The second kappa shape index (κ2) is 8.25. The van der Waals surface area contributed by atoms with E-state index in [-0.39, 0.29) is 12.5 Å². The minimum atomic E-state index is -0.0286. The van der Waals surface area contributed by atoms with Crippen molar-refractivity contribution in [1.82, 2.24) is 4.90 Å². The second-order valence-electron chi connectivity index (χ2n) is 4.07. The zero-order chi connectivity index (χ0) is 14.3. The number of aliphatic hydroxyl groups excluding tert-OH is 1. The van der Waals surface area contributed by atoms with Crippen LogP contribution in [0.5, 0.6) is 5.75 Å². The molecule has 0 aliphatic heterocycles. The highest BCUT2D eigenvalue weighted by molar-refractivity contribution is 6.35. The van der Waals surface area contributed by atoms with Crippen LogP contribution in [-0.2, 0) is 4.79 Å². The number of nitrogens with zero attached hydrogens (tertiary/aromatic N) is 1. The fraction of sp³-hybridized carbons (Fsp3) is 0.462. The molecule has 0 saturated heterocycles. The molecule has 0 heterocycles. The molecular formula is C13H17Cl2NO3. The maximum absolute atomic E-state index is 11.6. The maximum atomic E-state index is 11.6. The van der Waals surface area contributed by atoms with Gasteiger partial charge in [0.25, 0.3) is 0 Å². The summed E-state index contributed by atoms with van der Waals surface area (Å²) in [4.78, 5) is 13.1. The molecule has 1 rings (SSSR count). The lowest BCUT2D eigenvalue weighted by Crippen LogP contribution is -2.29. The third-order valence-electron chi connectivity index (χ3n) is 2.55. The monoisotopic (exact) mass is 305 g/mol. The zero-order valence-corrected chi connectivity index (χ0v) is 12.2. The van der Waals surface area contributed by atoms with E-state index in [9.17, 15) is 4.79 Å². The van der Waals surface area contributed by atoms with Crippen LogP contribution in [0.4, 0.5) is 0 Å². The van der Waals surface area contributed by atoms with Crippen LogP contribution in [0.15, 0.2) is 18.2 Å². The quantitative estimate of drug-likeness (QED) is 0.788. The van der Waals surface area contributed by atoms with E-state index in [0.717, 1.165) is 0 Å². The molecular weight excluding hydrogens is 289 g/mol. The molecule has 0 aromatic heterocycles. The number of carbonyl (C=O) groups is 1. The van der Waals surface area contributed by atoms with E-state index in [1.165, 1.54) is 4.90 Å². The van der Waals surface area contributed by atoms with Crippen molar-refractivity contribution in [2.24, 2.45) is 0 Å². The van der Waals surface area contributed by atoms with E-state index in [0.29, 0.717) is 41.8 Å². The number of aliphatic hydroxyl groups is 1. The number of carbonyl (C=O) groups excluding carboxylic acids is 1. The molecule has 4 nitrogen and oxygen atoms in total. The molecule has 1 aromatic rings. The average molecular weight is 306 g/mol. The van der Waals surface area contributed by atoms with Crippen LogP contribution in [-0.4, -0.2) is 42.7 Å². The molecule has 1 amide bonds. The smallest absolute Gasteiger partial charge is 0.222 e. The Morgan fingerprint density at radius 1 is 1.42 bits per heavy atom. The molecule has 0 spiro atoms. The van der Waals surface area contributed by atoms with E-state index in [1.54, 1.807) is 25.2 Å². The van der Waals surface area contributed by atoms with E-state index >= 15 is 0 Å². The molecule has 6 heteroatoms. The van der Waals surface area contributed by atoms with Gasteiger partial charge in [-0.25, -0.2) is 0 Å². The molecule has 0 atom stereocenters. The Hall–Kier alpha value is -0.970. The van der Waals surface area contributed by atoms with E-state index < -0.39 is 0 Å². The molecule has 0 bridgehead atoms. The van der Waals surface area contributed by atoms with Gasteiger partial charge in [0.15, 0.2) is 0 Å². The first kappa shape index (κ1) is 16.1. The fourth-order valence-corrected chi connectivity index (χ4v) is 1.93. The first-order chi connectivity index (χ1) is 9.04. The third kappa shape index (κ3) is 5.68. The van der Waals surface area contributed by atoms with Gasteiger partial charge in [0.05, 0.1) is 18.2 Å². The lowest BCUT2D eigenvalue weighted by Gasteiger charge is -2.15. The summed E-state index contributed by atoms with van der Waals surface area (Å²) in [5.41, 5.74) is 0. The summed E-state index contributed by atoms with van der Waals surface area (Å²) < 4.78 is 5.47. The topological polar surface area (TPSA) is 49.8 Å². The summed E-state index contributed by atoms with van der Waals surface area (Å²) >= 11 is 11.7. The minimum absolute atomic E-state index is 0.0140. The first-order valence-electron chi connectivity index (χ1n) is 5.97. The van der Waals surface area contributed by atoms with Crippen molar-refractivity contribution < 1.29 is 14.6 Å². The second-order valence-corrected chi connectivity index (χ2v) is 4.91. The normalized spacial score (nSPS) is 10.3. The molecule has 0 fully saturated rings. The van der Waals surface area contributed by atoms with Gasteiger partial charge in [0.1, 0.15) is 5.75 Å². The van der Waals surface area contributed by atoms with Gasteiger partial charge in [-0.15, -0.1) is 0 Å². The molecule has 0 radical (unpaired) electrons. The van der Waals surface area contributed by atoms with Crippen molar-refractivity contribution in [2.45, 2.75) is 12.8 Å². The molecule has 0 saturated carbocycles. The van der Waals surface area contributed by atoms with Gasteiger partial charge < -0.3 is 14.7 Å². The molecule has 106 valence electrons. The number of ether oxygens (including phenoxy) is 1. The van der Waals surface area contributed by atoms with Gasteiger partial charge in [-0.05, 0) is 24.6 Å². The van der Waals surface area contributed by atoms with Crippen LogP contribution in [0.1, 0.15) is 12.8 Å². The molecule has 0 unspecified atom stereocenters. The highest BCUT2D eigenvalue weighted by atomic mass is 35.5. The highest BCUT2D eigenvalue weighted by Crippen LogP contribution is 2.27. The summed E-state index contributed by atoms with van der Waals surface area (Å²) in [6.07, 6.45) is 0.968. The van der Waals surface area contributed by atoms with Crippen LogP contribution in [0.25, 0.3) is 0 Å². The summed E-state index contributed by atoms with van der Waals surface area (Å²) in [6.45, 7) is 0.724. The number of halogens is 2. The Balaban J connectivity index is 2.29. The number of rotatable bonds is 7. The van der Waals surface area contributed by atoms with Crippen molar-refractivity contribution in [3.8, 4) is 5.75 Å². The minimum Gasteiger partial charge on any atom is -0.492 e. The standard InChI is InChI=1S/C13H17Cl2NO3/c1-16(6-7-17)13(18)3-2-8-19-12-5-4-10(14)9-11(12)15/h4-5,9,17H,2-3,6-8H2,1H3. The SMILES string of the molecule is CN(CCO)C(=O)CCCOc1ccc(Cl)cc1Cl. The molecule has 19 heavy (non-hydrogen) atoms. The van der Waals surface area contributed by atoms with Crippen LogP contribution in [0.3, 0.4) is 0 Å². The maximum Gasteiger partial charge on any atom is 0.222 e. The number of amides is 1. The predicted octanol–water partition coefficient (Wildman–Crippen LogP) is 2.60. The number of hydrogen-bond donors (Lipinski definition) is 1. The van der Waals surface area contributed by atoms with Gasteiger partial charge in [0.2, 0.25) is 5.91 Å². The first-order valence-corrected chi connectivity index (χ1v) is 6.73. The molecule has 1 aromatic carbocycles. The summed E-state index contributed by atoms with van der Waals surface area (Å²) in [7, 11) is 1.66. The van der Waals surface area contributed by atoms with Gasteiger partial charge >= 0.3 is 0 Å². The summed E-state index contributed by atoms with van der Waals surface area (Å²) in [5, 5.41) is 9.72. The Kier molecular flexibility index (Phi) is 6.99. The van der Waals surface area contributed by atoms with Crippen molar-refractivity contribution >= 4 is 29.1 Å². The summed E-state index contributed by atoms with van der Waals surface area (Å²) in [6, 6.07) is 5.01. The van der Waals surface area contributed by atoms with Crippen LogP contribution >= 0.6 is 23.2 Å². The molecule has 1 N–H and O–H groups in total. The van der Waals surface area contributed by atoms with Crippen molar-refractivity contribution in [3.63, 3.8) is 0 Å². The number of hydrogen-bond acceptors (Lipinski definition) is 3. The lowest BCUT2D eigenvalue weighted by molar-refractivity contribution is -0.130. The largest absolute Gasteiger partial charge is 0.492 e.